The molecule has 6 heteroatoms. The minimum atomic E-state index is -0.174. The zero-order chi connectivity index (χ0) is 14.6. The van der Waals surface area contributed by atoms with E-state index in [0.717, 1.165) is 6.42 Å². The molecule has 0 aromatic heterocycles. The Hall–Kier alpha value is -0.480. The summed E-state index contributed by atoms with van der Waals surface area (Å²) in [6.07, 6.45) is 0.752. The number of hydrogen-bond acceptors (Lipinski definition) is 2. The average molecular weight is 340 g/mol. The van der Waals surface area contributed by atoms with Gasteiger partial charge in [0.05, 0.1) is 15.6 Å². The number of halogens is 3. The SMILES string of the molecule is CC(C)C(N)CCN(C)C(=O)c1c(Cl)cccc1Cl.Cl. The van der Waals surface area contributed by atoms with E-state index in [1.165, 1.54) is 0 Å². The molecular weight excluding hydrogens is 319 g/mol. The lowest BCUT2D eigenvalue weighted by Gasteiger charge is -2.22. The average Bonchev–Trinajstić information content (AvgIpc) is 2.34. The van der Waals surface area contributed by atoms with E-state index in [2.05, 4.69) is 13.8 Å². The molecule has 1 aromatic rings. The molecule has 0 saturated heterocycles. The van der Waals surface area contributed by atoms with Crippen LogP contribution in [0.2, 0.25) is 10.0 Å². The lowest BCUT2D eigenvalue weighted by atomic mass is 10.0. The Morgan fingerprint density at radius 3 is 2.25 bits per heavy atom. The van der Waals surface area contributed by atoms with Crippen LogP contribution in [0, 0.1) is 5.92 Å². The first-order valence-electron chi connectivity index (χ1n) is 6.29. The third-order valence-corrected chi connectivity index (χ3v) is 3.81. The molecular formula is C14H21Cl3N2O. The summed E-state index contributed by atoms with van der Waals surface area (Å²) in [7, 11) is 1.73. The van der Waals surface area contributed by atoms with Crippen molar-refractivity contribution in [3.63, 3.8) is 0 Å². The van der Waals surface area contributed by atoms with Crippen molar-refractivity contribution in [3.05, 3.63) is 33.8 Å². The second-order valence-corrected chi connectivity index (χ2v) is 5.83. The maximum absolute atomic E-state index is 12.3. The molecule has 1 aromatic carbocycles. The summed E-state index contributed by atoms with van der Waals surface area (Å²) >= 11 is 12.0. The fraction of sp³-hybridized carbons (Fsp3) is 0.500. The van der Waals surface area contributed by atoms with Crippen LogP contribution in [-0.2, 0) is 0 Å². The minimum absolute atomic E-state index is 0. The molecule has 0 spiro atoms. The van der Waals surface area contributed by atoms with Crippen LogP contribution >= 0.6 is 35.6 Å². The summed E-state index contributed by atoms with van der Waals surface area (Å²) < 4.78 is 0. The van der Waals surface area contributed by atoms with Gasteiger partial charge in [-0.25, -0.2) is 0 Å². The summed E-state index contributed by atoms with van der Waals surface area (Å²) in [5.74, 6) is 0.221. The van der Waals surface area contributed by atoms with Gasteiger partial charge < -0.3 is 10.6 Å². The number of carbonyl (C=O) groups excluding carboxylic acids is 1. The Labute approximate surface area is 136 Å². The highest BCUT2D eigenvalue weighted by atomic mass is 35.5. The zero-order valence-corrected chi connectivity index (χ0v) is 14.2. The lowest BCUT2D eigenvalue weighted by Crippen LogP contribution is -2.34. The Kier molecular flexibility index (Phi) is 8.52. The van der Waals surface area contributed by atoms with Gasteiger partial charge in [0.1, 0.15) is 0 Å². The molecule has 114 valence electrons. The summed E-state index contributed by atoms with van der Waals surface area (Å²) in [4.78, 5) is 13.9. The van der Waals surface area contributed by atoms with Gasteiger partial charge in [0, 0.05) is 19.6 Å². The standard InChI is InChI=1S/C14H20Cl2N2O.ClH/c1-9(2)12(17)7-8-18(3)14(19)13-10(15)5-4-6-11(13)16;/h4-6,9,12H,7-8,17H2,1-3H3;1H. The van der Waals surface area contributed by atoms with Crippen molar-refractivity contribution < 1.29 is 4.79 Å². The van der Waals surface area contributed by atoms with E-state index in [9.17, 15) is 4.79 Å². The number of carbonyl (C=O) groups is 1. The molecule has 1 rings (SSSR count). The van der Waals surface area contributed by atoms with Crippen LogP contribution in [0.4, 0.5) is 0 Å². The predicted octanol–water partition coefficient (Wildman–Crippen LogP) is 3.86. The second-order valence-electron chi connectivity index (χ2n) is 5.02. The molecule has 1 amide bonds. The molecule has 3 nitrogen and oxygen atoms in total. The Bertz CT molecular complexity index is 432. The maximum atomic E-state index is 12.3. The normalized spacial score (nSPS) is 11.9. The number of rotatable bonds is 5. The van der Waals surface area contributed by atoms with Crippen LogP contribution in [0.25, 0.3) is 0 Å². The molecule has 0 heterocycles. The van der Waals surface area contributed by atoms with Crippen LogP contribution in [0.3, 0.4) is 0 Å². The molecule has 1 unspecified atom stereocenters. The number of hydrogen-bond donors (Lipinski definition) is 1. The Morgan fingerprint density at radius 1 is 1.30 bits per heavy atom. The number of amides is 1. The fourth-order valence-corrected chi connectivity index (χ4v) is 2.23. The monoisotopic (exact) mass is 338 g/mol. The highest BCUT2D eigenvalue weighted by Gasteiger charge is 2.19. The zero-order valence-electron chi connectivity index (χ0n) is 11.9. The predicted molar refractivity (Wildman–Crippen MR) is 88.1 cm³/mol. The molecule has 0 aliphatic heterocycles. The van der Waals surface area contributed by atoms with Gasteiger partial charge in [0.25, 0.3) is 5.91 Å². The van der Waals surface area contributed by atoms with Gasteiger partial charge in [-0.2, -0.15) is 0 Å². The van der Waals surface area contributed by atoms with Crippen LogP contribution in [0.5, 0.6) is 0 Å². The summed E-state index contributed by atoms with van der Waals surface area (Å²) in [5.41, 5.74) is 6.33. The van der Waals surface area contributed by atoms with Gasteiger partial charge in [-0.05, 0) is 24.5 Å². The molecule has 0 fully saturated rings. The van der Waals surface area contributed by atoms with Crippen LogP contribution < -0.4 is 5.73 Å². The van der Waals surface area contributed by atoms with E-state index < -0.39 is 0 Å². The van der Waals surface area contributed by atoms with E-state index in [4.69, 9.17) is 28.9 Å². The number of benzene rings is 1. The molecule has 0 bridgehead atoms. The molecule has 1 atom stereocenters. The van der Waals surface area contributed by atoms with Gasteiger partial charge >= 0.3 is 0 Å². The smallest absolute Gasteiger partial charge is 0.256 e. The van der Waals surface area contributed by atoms with Gasteiger partial charge in [-0.1, -0.05) is 43.1 Å². The minimum Gasteiger partial charge on any atom is -0.342 e. The van der Waals surface area contributed by atoms with Crippen molar-refractivity contribution in [2.45, 2.75) is 26.3 Å². The van der Waals surface area contributed by atoms with E-state index in [1.807, 2.05) is 0 Å². The third-order valence-electron chi connectivity index (χ3n) is 3.18. The number of nitrogens with two attached hydrogens (primary N) is 1. The van der Waals surface area contributed by atoms with Crippen LogP contribution in [0.15, 0.2) is 18.2 Å². The van der Waals surface area contributed by atoms with Crippen LogP contribution in [0.1, 0.15) is 30.6 Å². The summed E-state index contributed by atoms with van der Waals surface area (Å²) in [6, 6.07) is 5.12. The Balaban J connectivity index is 0.00000361. The van der Waals surface area contributed by atoms with Crippen molar-refractivity contribution in [1.82, 2.24) is 4.90 Å². The fourth-order valence-electron chi connectivity index (χ4n) is 1.67. The van der Waals surface area contributed by atoms with Crippen molar-refractivity contribution in [2.24, 2.45) is 11.7 Å². The maximum Gasteiger partial charge on any atom is 0.256 e. The van der Waals surface area contributed by atoms with E-state index in [1.54, 1.807) is 30.1 Å². The third kappa shape index (κ3) is 5.13. The topological polar surface area (TPSA) is 46.3 Å². The molecule has 0 aliphatic carbocycles. The first kappa shape index (κ1) is 19.5. The molecule has 0 radical (unpaired) electrons. The van der Waals surface area contributed by atoms with E-state index >= 15 is 0 Å². The summed E-state index contributed by atoms with van der Waals surface area (Å²) in [5, 5.41) is 0.745. The first-order chi connectivity index (χ1) is 8.84. The Morgan fingerprint density at radius 2 is 1.80 bits per heavy atom. The highest BCUT2D eigenvalue weighted by molar-refractivity contribution is 6.39. The second kappa shape index (κ2) is 8.73. The quantitative estimate of drug-likeness (QED) is 0.885. The van der Waals surface area contributed by atoms with Crippen LogP contribution in [-0.4, -0.2) is 30.4 Å². The largest absolute Gasteiger partial charge is 0.342 e. The van der Waals surface area contributed by atoms with Gasteiger partial charge in [-0.15, -0.1) is 12.4 Å². The van der Waals surface area contributed by atoms with Crippen molar-refractivity contribution >= 4 is 41.5 Å². The molecule has 20 heavy (non-hydrogen) atoms. The van der Waals surface area contributed by atoms with Crippen molar-refractivity contribution in [3.8, 4) is 0 Å². The first-order valence-corrected chi connectivity index (χ1v) is 7.05. The van der Waals surface area contributed by atoms with Crippen molar-refractivity contribution in [2.75, 3.05) is 13.6 Å². The van der Waals surface area contributed by atoms with E-state index in [-0.39, 0.29) is 24.4 Å². The highest BCUT2D eigenvalue weighted by Crippen LogP contribution is 2.25. The molecule has 2 N–H and O–H groups in total. The summed E-state index contributed by atoms with van der Waals surface area (Å²) in [6.45, 7) is 4.72. The van der Waals surface area contributed by atoms with Gasteiger partial charge in [0.15, 0.2) is 0 Å². The number of nitrogens with zero attached hydrogens (tertiary/aromatic N) is 1. The van der Waals surface area contributed by atoms with Gasteiger partial charge in [-0.3, -0.25) is 4.79 Å². The lowest BCUT2D eigenvalue weighted by molar-refractivity contribution is 0.0789. The van der Waals surface area contributed by atoms with Gasteiger partial charge in [0.2, 0.25) is 0 Å². The molecule has 0 aliphatic rings. The molecule has 0 saturated carbocycles. The van der Waals surface area contributed by atoms with Crippen molar-refractivity contribution in [1.29, 1.82) is 0 Å². The van der Waals surface area contributed by atoms with E-state index in [0.29, 0.717) is 28.1 Å².